The minimum absolute atomic E-state index is 0.0381. The number of allylic oxidation sites excluding steroid dienone is 2. The van der Waals surface area contributed by atoms with Gasteiger partial charge in [-0.15, -0.1) is 0 Å². The number of alkyl halides is 11. The molecule has 0 fully saturated rings. The average Bonchev–Trinajstić information content (AvgIpc) is 2.62. The lowest BCUT2D eigenvalue weighted by Crippen LogP contribution is -2.66. The molecule has 0 aromatic heterocycles. The smallest absolute Gasteiger partial charge is 0.460 e. The van der Waals surface area contributed by atoms with Gasteiger partial charge in [0.05, 0.1) is 5.97 Å². The minimum atomic E-state index is -7.30. The predicted molar refractivity (Wildman–Crippen MR) is 96.0 cm³/mol. The van der Waals surface area contributed by atoms with Crippen molar-refractivity contribution >= 4 is 28.6 Å². The van der Waals surface area contributed by atoms with E-state index >= 15 is 0 Å². The van der Waals surface area contributed by atoms with Crippen LogP contribution in [0, 0.1) is 3.57 Å². The van der Waals surface area contributed by atoms with E-state index in [1.54, 1.807) is 6.07 Å². The van der Waals surface area contributed by atoms with Gasteiger partial charge in [-0.05, 0) is 72.0 Å². The second kappa shape index (κ2) is 9.71. The van der Waals surface area contributed by atoms with Crippen LogP contribution in [-0.4, -0.2) is 35.8 Å². The van der Waals surface area contributed by atoms with Gasteiger partial charge in [0.1, 0.15) is 0 Å². The largest absolute Gasteiger partial charge is 0.545 e. The summed E-state index contributed by atoms with van der Waals surface area (Å²) in [4.78, 5) is 11.1. The van der Waals surface area contributed by atoms with E-state index in [1.165, 1.54) is 12.1 Å². The minimum Gasteiger partial charge on any atom is -0.545 e. The van der Waals surface area contributed by atoms with Gasteiger partial charge in [0.15, 0.2) is 0 Å². The molecule has 0 saturated carbocycles. The molecule has 1 unspecified atom stereocenters. The number of unbranched alkanes of at least 4 members (excludes halogenated alkanes) is 2. The summed E-state index contributed by atoms with van der Waals surface area (Å²) in [6, 6.07) is 4.26. The van der Waals surface area contributed by atoms with E-state index in [9.17, 15) is 58.2 Å². The molecule has 0 N–H and O–H groups in total. The van der Waals surface area contributed by atoms with Crippen molar-refractivity contribution in [2.45, 2.75) is 55.5 Å². The van der Waals surface area contributed by atoms with E-state index in [1.807, 2.05) is 22.6 Å². The van der Waals surface area contributed by atoms with Gasteiger partial charge in [-0.2, -0.15) is 43.9 Å². The standard InChI is InChI=1S/C18H14F11IO2/c19-14(17(24,25)26,15(20,21)16(22,23)18(27,28)29)8-4-2-1-3-5-10-6-7-11(30)9-12(10)13(31)32/h4,6-9H,1-3,5H2,(H,31,32)/p-1. The van der Waals surface area contributed by atoms with Crippen LogP contribution in [0.25, 0.3) is 0 Å². The number of carbonyl (C=O) groups excluding carboxylic acids is 1. The molecule has 2 nitrogen and oxygen atoms in total. The molecule has 32 heavy (non-hydrogen) atoms. The van der Waals surface area contributed by atoms with E-state index in [-0.39, 0.29) is 36.5 Å². The number of carboxylic acids is 1. The number of rotatable bonds is 9. The quantitative estimate of drug-likeness (QED) is 0.151. The van der Waals surface area contributed by atoms with E-state index in [4.69, 9.17) is 0 Å². The lowest BCUT2D eigenvalue weighted by Gasteiger charge is -2.37. The fourth-order valence-corrected chi connectivity index (χ4v) is 3.05. The maximum absolute atomic E-state index is 14.0. The van der Waals surface area contributed by atoms with E-state index in [0.29, 0.717) is 3.57 Å². The Balaban J connectivity index is 2.96. The molecule has 1 aromatic carbocycles. The highest BCUT2D eigenvalue weighted by Crippen LogP contribution is 2.57. The van der Waals surface area contributed by atoms with Crippen LogP contribution in [0.5, 0.6) is 0 Å². The Hall–Kier alpha value is -1.61. The maximum atomic E-state index is 14.0. The van der Waals surface area contributed by atoms with Gasteiger partial charge in [0, 0.05) is 9.13 Å². The molecule has 0 amide bonds. The first-order valence-corrected chi connectivity index (χ1v) is 9.63. The zero-order chi connectivity index (χ0) is 25.2. The Kier molecular flexibility index (Phi) is 8.63. The molecule has 0 aliphatic rings. The summed E-state index contributed by atoms with van der Waals surface area (Å²) in [7, 11) is 0. The molecule has 182 valence electrons. The second-order valence-corrected chi connectivity index (χ2v) is 7.84. The molecule has 1 aromatic rings. The molecule has 0 spiro atoms. The van der Waals surface area contributed by atoms with Crippen LogP contribution in [0.3, 0.4) is 0 Å². The Morgan fingerprint density at radius 1 is 0.875 bits per heavy atom. The SMILES string of the molecule is O=C([O-])c1cc(I)ccc1CCCCC=CC(F)(C(F)(F)F)C(F)(F)C(F)(F)C(F)(F)F. The predicted octanol–water partition coefficient (Wildman–Crippen LogP) is 6.03. The van der Waals surface area contributed by atoms with Crippen molar-refractivity contribution in [3.8, 4) is 0 Å². The van der Waals surface area contributed by atoms with Crippen LogP contribution in [0.1, 0.15) is 35.2 Å². The highest BCUT2D eigenvalue weighted by atomic mass is 127. The van der Waals surface area contributed by atoms with Crippen molar-refractivity contribution in [3.05, 3.63) is 45.0 Å². The van der Waals surface area contributed by atoms with E-state index in [0.717, 1.165) is 0 Å². The normalized spacial score (nSPS) is 15.8. The Morgan fingerprint density at radius 3 is 1.91 bits per heavy atom. The molecule has 1 atom stereocenters. The molecule has 0 aliphatic carbocycles. The summed E-state index contributed by atoms with van der Waals surface area (Å²) in [5.74, 6) is -16.0. The van der Waals surface area contributed by atoms with Crippen LogP contribution in [0.2, 0.25) is 0 Å². The molecule has 0 saturated heterocycles. The molecule has 14 heteroatoms. The molecule has 0 bridgehead atoms. The maximum Gasteiger partial charge on any atom is 0.460 e. The van der Waals surface area contributed by atoms with Crippen LogP contribution in [-0.2, 0) is 6.42 Å². The highest BCUT2D eigenvalue weighted by Gasteiger charge is 2.85. The van der Waals surface area contributed by atoms with Gasteiger partial charge in [-0.3, -0.25) is 0 Å². The third-order valence-electron chi connectivity index (χ3n) is 4.33. The highest BCUT2D eigenvalue weighted by molar-refractivity contribution is 14.1. The number of carboxylic acid groups (broad SMARTS) is 1. The number of aromatic carboxylic acids is 1. The van der Waals surface area contributed by atoms with E-state index in [2.05, 4.69) is 0 Å². The Labute approximate surface area is 187 Å². The van der Waals surface area contributed by atoms with Crippen LogP contribution in [0.4, 0.5) is 48.3 Å². The summed E-state index contributed by atoms with van der Waals surface area (Å²) in [5.41, 5.74) is -6.18. The van der Waals surface area contributed by atoms with Crippen LogP contribution in [0.15, 0.2) is 30.4 Å². The van der Waals surface area contributed by atoms with Crippen molar-refractivity contribution in [2.24, 2.45) is 0 Å². The number of benzene rings is 1. The third-order valence-corrected chi connectivity index (χ3v) is 5.00. The first kappa shape index (κ1) is 28.4. The number of halogens is 12. The van der Waals surface area contributed by atoms with Crippen molar-refractivity contribution in [1.29, 1.82) is 0 Å². The molecule has 0 aliphatic heterocycles. The number of carbonyl (C=O) groups is 1. The lowest BCUT2D eigenvalue weighted by molar-refractivity contribution is -0.402. The van der Waals surface area contributed by atoms with Crippen LogP contribution >= 0.6 is 22.6 Å². The van der Waals surface area contributed by atoms with Gasteiger partial charge in [0.25, 0.3) is 5.67 Å². The number of aryl methyl sites for hydroxylation is 1. The summed E-state index contributed by atoms with van der Waals surface area (Å²) >= 11 is 1.83. The molecule has 0 radical (unpaired) electrons. The summed E-state index contributed by atoms with van der Waals surface area (Å²) in [5, 5.41) is 11.1. The molecular weight excluding hydrogens is 584 g/mol. The zero-order valence-electron chi connectivity index (χ0n) is 15.6. The summed E-state index contributed by atoms with van der Waals surface area (Å²) in [6.45, 7) is 0. The van der Waals surface area contributed by atoms with Gasteiger partial charge in [0.2, 0.25) is 0 Å². The Bertz CT molecular complexity index is 846. The van der Waals surface area contributed by atoms with Crippen molar-refractivity contribution in [2.75, 3.05) is 0 Å². The molecular formula is C18H13F11IO2-. The third kappa shape index (κ3) is 5.65. The molecule has 0 heterocycles. The fourth-order valence-electron chi connectivity index (χ4n) is 2.56. The average molecular weight is 597 g/mol. The van der Waals surface area contributed by atoms with E-state index < -0.39 is 48.3 Å². The monoisotopic (exact) mass is 597 g/mol. The number of hydrogen-bond acceptors (Lipinski definition) is 2. The summed E-state index contributed by atoms with van der Waals surface area (Å²) in [6.07, 6.45) is -15.6. The van der Waals surface area contributed by atoms with Crippen LogP contribution < -0.4 is 5.11 Å². The first-order chi connectivity index (χ1) is 14.3. The van der Waals surface area contributed by atoms with Gasteiger partial charge in [-0.1, -0.05) is 12.1 Å². The van der Waals surface area contributed by atoms with Crippen molar-refractivity contribution in [3.63, 3.8) is 0 Å². The first-order valence-electron chi connectivity index (χ1n) is 8.55. The summed E-state index contributed by atoms with van der Waals surface area (Å²) < 4.78 is 143. The second-order valence-electron chi connectivity index (χ2n) is 6.59. The lowest BCUT2D eigenvalue weighted by atomic mass is 9.90. The van der Waals surface area contributed by atoms with Crippen molar-refractivity contribution < 1.29 is 58.2 Å². The molecule has 1 rings (SSSR count). The fraction of sp³-hybridized carbons (Fsp3) is 0.500. The van der Waals surface area contributed by atoms with Crippen molar-refractivity contribution in [1.82, 2.24) is 0 Å². The number of hydrogen-bond donors (Lipinski definition) is 0. The topological polar surface area (TPSA) is 40.1 Å². The Morgan fingerprint density at radius 2 is 1.44 bits per heavy atom. The van der Waals surface area contributed by atoms with Gasteiger partial charge in [-0.25, -0.2) is 4.39 Å². The van der Waals surface area contributed by atoms with Gasteiger partial charge < -0.3 is 9.90 Å². The van der Waals surface area contributed by atoms with Gasteiger partial charge >= 0.3 is 24.2 Å². The zero-order valence-corrected chi connectivity index (χ0v) is 17.7.